The maximum Gasteiger partial charge on any atom is 0.131 e. The van der Waals surface area contributed by atoms with E-state index in [9.17, 15) is 0 Å². The molecule has 0 amide bonds. The number of hydrogen-bond donors (Lipinski definition) is 1. The van der Waals surface area contributed by atoms with Gasteiger partial charge < -0.3 is 5.32 Å². The Hall–Kier alpha value is -0.760. The molecule has 1 saturated carbocycles. The first-order chi connectivity index (χ1) is 6.18. The summed E-state index contributed by atoms with van der Waals surface area (Å²) in [4.78, 5) is 4.16. The van der Waals surface area contributed by atoms with Crippen molar-refractivity contribution < 1.29 is 0 Å². The molecule has 3 heteroatoms. The Labute approximate surface area is 83.3 Å². The molecule has 0 aromatic carbocycles. The maximum absolute atomic E-state index is 5.76. The first-order valence-corrected chi connectivity index (χ1v) is 4.92. The summed E-state index contributed by atoms with van der Waals surface area (Å²) in [6.07, 6.45) is 2.64. The molecule has 1 fully saturated rings. The average molecular weight is 197 g/mol. The molecule has 2 nitrogen and oxygen atoms in total. The number of rotatable bonds is 3. The molecule has 0 spiro atoms. The van der Waals surface area contributed by atoms with E-state index in [1.165, 1.54) is 12.8 Å². The van der Waals surface area contributed by atoms with Gasteiger partial charge in [0.1, 0.15) is 11.0 Å². The molecule has 1 heterocycles. The summed E-state index contributed by atoms with van der Waals surface area (Å²) < 4.78 is 0. The molecular formula is C10H13ClN2. The number of pyridine rings is 1. The molecule has 0 aliphatic heterocycles. The summed E-state index contributed by atoms with van der Waals surface area (Å²) in [6, 6.07) is 5.64. The van der Waals surface area contributed by atoms with Gasteiger partial charge in [-0.1, -0.05) is 24.6 Å². The van der Waals surface area contributed by atoms with Crippen LogP contribution in [0.25, 0.3) is 0 Å². The summed E-state index contributed by atoms with van der Waals surface area (Å²) in [5.74, 6) is 0.876. The minimum Gasteiger partial charge on any atom is -0.369 e. The Morgan fingerprint density at radius 1 is 1.54 bits per heavy atom. The number of hydrogen-bond acceptors (Lipinski definition) is 2. The lowest BCUT2D eigenvalue weighted by atomic mass is 10.1. The monoisotopic (exact) mass is 196 g/mol. The van der Waals surface area contributed by atoms with E-state index in [-0.39, 0.29) is 0 Å². The highest BCUT2D eigenvalue weighted by Crippen LogP contribution is 2.44. The van der Waals surface area contributed by atoms with E-state index in [0.29, 0.717) is 10.6 Å². The molecule has 1 aliphatic rings. The van der Waals surface area contributed by atoms with Gasteiger partial charge in [0.25, 0.3) is 0 Å². The molecule has 0 saturated heterocycles. The SMILES string of the molecule is CC1(CNc2cccc(Cl)n2)CC1. The molecule has 0 unspecified atom stereocenters. The quantitative estimate of drug-likeness (QED) is 0.752. The van der Waals surface area contributed by atoms with Crippen molar-refractivity contribution in [1.82, 2.24) is 4.98 Å². The van der Waals surface area contributed by atoms with Crippen molar-refractivity contribution in [3.63, 3.8) is 0 Å². The average Bonchev–Trinajstić information content (AvgIpc) is 2.82. The Balaban J connectivity index is 1.94. The first-order valence-electron chi connectivity index (χ1n) is 4.54. The second kappa shape index (κ2) is 3.18. The summed E-state index contributed by atoms with van der Waals surface area (Å²) in [7, 11) is 0. The van der Waals surface area contributed by atoms with Gasteiger partial charge in [-0.3, -0.25) is 0 Å². The van der Waals surface area contributed by atoms with Gasteiger partial charge in [0.2, 0.25) is 0 Å². The zero-order chi connectivity index (χ0) is 9.31. The molecule has 0 bridgehead atoms. The van der Waals surface area contributed by atoms with Crippen LogP contribution < -0.4 is 5.32 Å². The third kappa shape index (κ3) is 2.34. The van der Waals surface area contributed by atoms with Crippen LogP contribution in [-0.2, 0) is 0 Å². The lowest BCUT2D eigenvalue weighted by Crippen LogP contribution is -2.12. The minimum absolute atomic E-state index is 0.504. The van der Waals surface area contributed by atoms with Crippen molar-refractivity contribution in [2.75, 3.05) is 11.9 Å². The van der Waals surface area contributed by atoms with Gasteiger partial charge in [0.05, 0.1) is 0 Å². The molecule has 1 aromatic heterocycles. The van der Waals surface area contributed by atoms with E-state index in [4.69, 9.17) is 11.6 Å². The van der Waals surface area contributed by atoms with Gasteiger partial charge in [-0.25, -0.2) is 4.98 Å². The van der Waals surface area contributed by atoms with Gasteiger partial charge in [-0.05, 0) is 30.4 Å². The molecule has 2 rings (SSSR count). The van der Waals surface area contributed by atoms with Crippen LogP contribution in [0.1, 0.15) is 19.8 Å². The normalized spacial score (nSPS) is 18.3. The van der Waals surface area contributed by atoms with Crippen LogP contribution in [-0.4, -0.2) is 11.5 Å². The van der Waals surface area contributed by atoms with Crippen molar-refractivity contribution in [3.05, 3.63) is 23.4 Å². The summed E-state index contributed by atoms with van der Waals surface area (Å²) in [5.41, 5.74) is 0.504. The van der Waals surface area contributed by atoms with Crippen molar-refractivity contribution in [2.24, 2.45) is 5.41 Å². The Kier molecular flexibility index (Phi) is 2.16. The van der Waals surface area contributed by atoms with Gasteiger partial charge in [-0.15, -0.1) is 0 Å². The van der Waals surface area contributed by atoms with Crippen LogP contribution in [0.2, 0.25) is 5.15 Å². The van der Waals surface area contributed by atoms with Gasteiger partial charge >= 0.3 is 0 Å². The maximum atomic E-state index is 5.76. The van der Waals surface area contributed by atoms with Gasteiger partial charge in [-0.2, -0.15) is 0 Å². The lowest BCUT2D eigenvalue weighted by molar-refractivity contribution is 0.609. The second-order valence-electron chi connectivity index (χ2n) is 4.01. The fourth-order valence-electron chi connectivity index (χ4n) is 1.20. The van der Waals surface area contributed by atoms with Gasteiger partial charge in [0.15, 0.2) is 0 Å². The highest BCUT2D eigenvalue weighted by atomic mass is 35.5. The predicted molar refractivity (Wildman–Crippen MR) is 55.1 cm³/mol. The van der Waals surface area contributed by atoms with Crippen molar-refractivity contribution in [2.45, 2.75) is 19.8 Å². The van der Waals surface area contributed by atoms with Crippen LogP contribution in [0.15, 0.2) is 18.2 Å². The third-order valence-corrected chi connectivity index (χ3v) is 2.73. The fraction of sp³-hybridized carbons (Fsp3) is 0.500. The molecule has 0 radical (unpaired) electrons. The summed E-state index contributed by atoms with van der Waals surface area (Å²) in [6.45, 7) is 3.28. The van der Waals surface area contributed by atoms with Crippen LogP contribution in [0.3, 0.4) is 0 Å². The second-order valence-corrected chi connectivity index (χ2v) is 4.40. The van der Waals surface area contributed by atoms with E-state index in [2.05, 4.69) is 17.2 Å². The topological polar surface area (TPSA) is 24.9 Å². The molecule has 1 aromatic rings. The van der Waals surface area contributed by atoms with Crippen LogP contribution in [0.4, 0.5) is 5.82 Å². The molecule has 1 aliphatic carbocycles. The van der Waals surface area contributed by atoms with Crippen molar-refractivity contribution >= 4 is 17.4 Å². The van der Waals surface area contributed by atoms with Crippen LogP contribution >= 0.6 is 11.6 Å². The van der Waals surface area contributed by atoms with Crippen molar-refractivity contribution in [1.29, 1.82) is 0 Å². The van der Waals surface area contributed by atoms with Crippen LogP contribution in [0, 0.1) is 5.41 Å². The van der Waals surface area contributed by atoms with E-state index in [1.807, 2.05) is 12.1 Å². The number of nitrogens with zero attached hydrogens (tertiary/aromatic N) is 1. The standard InChI is InChI=1S/C10H13ClN2/c1-10(5-6-10)7-12-9-4-2-3-8(11)13-9/h2-4H,5-7H2,1H3,(H,12,13). The highest BCUT2D eigenvalue weighted by molar-refractivity contribution is 6.29. The lowest BCUT2D eigenvalue weighted by Gasteiger charge is -2.10. The van der Waals surface area contributed by atoms with E-state index in [0.717, 1.165) is 12.4 Å². The number of nitrogens with one attached hydrogen (secondary N) is 1. The van der Waals surface area contributed by atoms with Gasteiger partial charge in [0, 0.05) is 6.54 Å². The number of anilines is 1. The number of aromatic nitrogens is 1. The molecule has 70 valence electrons. The highest BCUT2D eigenvalue weighted by Gasteiger charge is 2.36. The van der Waals surface area contributed by atoms with Crippen molar-refractivity contribution in [3.8, 4) is 0 Å². The first kappa shape index (κ1) is 8.82. The zero-order valence-corrected chi connectivity index (χ0v) is 8.43. The predicted octanol–water partition coefficient (Wildman–Crippen LogP) is 2.95. The minimum atomic E-state index is 0.504. The Morgan fingerprint density at radius 2 is 2.31 bits per heavy atom. The summed E-state index contributed by atoms with van der Waals surface area (Å²) >= 11 is 5.76. The third-order valence-electron chi connectivity index (χ3n) is 2.51. The fourth-order valence-corrected chi connectivity index (χ4v) is 1.36. The number of halogens is 1. The largest absolute Gasteiger partial charge is 0.369 e. The van der Waals surface area contributed by atoms with E-state index in [1.54, 1.807) is 6.07 Å². The molecule has 1 N–H and O–H groups in total. The Morgan fingerprint density at radius 3 is 2.92 bits per heavy atom. The molecular weight excluding hydrogens is 184 g/mol. The molecule has 0 atom stereocenters. The smallest absolute Gasteiger partial charge is 0.131 e. The zero-order valence-electron chi connectivity index (χ0n) is 7.68. The van der Waals surface area contributed by atoms with E-state index < -0.39 is 0 Å². The summed E-state index contributed by atoms with van der Waals surface area (Å²) in [5, 5.41) is 3.84. The Bertz CT molecular complexity index is 308. The van der Waals surface area contributed by atoms with E-state index >= 15 is 0 Å². The van der Waals surface area contributed by atoms with Crippen LogP contribution in [0.5, 0.6) is 0 Å². The molecule has 13 heavy (non-hydrogen) atoms.